The number of carbonyl (C=O) groups is 4. The van der Waals surface area contributed by atoms with E-state index in [-0.39, 0.29) is 58.7 Å². The SMILES string of the molecule is COC(=O)C1CCC(Oc2ccc(C(=O)N(C(=O)c3ccccc3)c3nnc(Nc4ccccc4)cc3OC3CCC(C(=O)OC)CC3)cc2)CC1. The minimum absolute atomic E-state index is 0.0600. The molecule has 6 rings (SSSR count). The van der Waals surface area contributed by atoms with Gasteiger partial charge < -0.3 is 24.3 Å². The number of imide groups is 1. The Balaban J connectivity index is 1.29. The molecule has 1 heterocycles. The first kappa shape index (κ1) is 36.0. The normalized spacial score (nSPS) is 19.8. The third kappa shape index (κ3) is 8.74. The van der Waals surface area contributed by atoms with Gasteiger partial charge in [0.05, 0.1) is 38.3 Å². The van der Waals surface area contributed by atoms with Gasteiger partial charge >= 0.3 is 11.9 Å². The number of rotatable bonds is 11. The molecule has 0 saturated heterocycles. The molecule has 12 heteroatoms. The summed E-state index contributed by atoms with van der Waals surface area (Å²) in [6.07, 6.45) is 4.69. The minimum atomic E-state index is -0.628. The highest BCUT2D eigenvalue weighted by Crippen LogP contribution is 2.36. The lowest BCUT2D eigenvalue weighted by Gasteiger charge is -2.29. The summed E-state index contributed by atoms with van der Waals surface area (Å²) in [6.45, 7) is 0. The fourth-order valence-electron chi connectivity index (χ4n) is 6.68. The first-order chi connectivity index (χ1) is 25.3. The molecule has 0 atom stereocenters. The summed E-state index contributed by atoms with van der Waals surface area (Å²) in [4.78, 5) is 53.7. The van der Waals surface area contributed by atoms with E-state index in [1.165, 1.54) is 14.2 Å². The Kier molecular flexibility index (Phi) is 11.7. The lowest BCUT2D eigenvalue weighted by molar-refractivity contribution is -0.147. The van der Waals surface area contributed by atoms with Crippen molar-refractivity contribution < 1.29 is 38.1 Å². The van der Waals surface area contributed by atoms with E-state index in [0.717, 1.165) is 10.6 Å². The Labute approximate surface area is 302 Å². The van der Waals surface area contributed by atoms with Crippen LogP contribution in [0.4, 0.5) is 17.3 Å². The van der Waals surface area contributed by atoms with E-state index in [1.807, 2.05) is 30.3 Å². The molecule has 3 aromatic carbocycles. The van der Waals surface area contributed by atoms with Gasteiger partial charge in [0.1, 0.15) is 5.75 Å². The summed E-state index contributed by atoms with van der Waals surface area (Å²) in [5.41, 5.74) is 1.27. The Morgan fingerprint density at radius 3 is 1.65 bits per heavy atom. The number of esters is 2. The van der Waals surface area contributed by atoms with Crippen molar-refractivity contribution in [2.45, 2.75) is 63.6 Å². The fourth-order valence-corrected chi connectivity index (χ4v) is 6.68. The van der Waals surface area contributed by atoms with Crippen LogP contribution in [-0.2, 0) is 19.1 Å². The summed E-state index contributed by atoms with van der Waals surface area (Å²) in [5.74, 6) is -0.944. The highest BCUT2D eigenvalue weighted by molar-refractivity contribution is 6.25. The summed E-state index contributed by atoms with van der Waals surface area (Å²) < 4.78 is 22.6. The molecular weight excluding hydrogens is 664 g/mol. The highest BCUT2D eigenvalue weighted by Gasteiger charge is 2.34. The number of carbonyl (C=O) groups excluding carboxylic acids is 4. The van der Waals surface area contributed by atoms with Gasteiger partial charge in [0, 0.05) is 22.9 Å². The molecule has 52 heavy (non-hydrogen) atoms. The molecule has 0 spiro atoms. The average Bonchev–Trinajstić information content (AvgIpc) is 3.19. The van der Waals surface area contributed by atoms with E-state index in [9.17, 15) is 19.2 Å². The van der Waals surface area contributed by atoms with Gasteiger partial charge in [-0.2, -0.15) is 0 Å². The molecule has 1 aromatic heterocycles. The van der Waals surface area contributed by atoms with Crippen molar-refractivity contribution in [2.24, 2.45) is 11.8 Å². The smallest absolute Gasteiger partial charge is 0.308 e. The number of para-hydroxylation sites is 1. The van der Waals surface area contributed by atoms with Crippen molar-refractivity contribution in [3.8, 4) is 11.5 Å². The molecule has 4 aromatic rings. The highest BCUT2D eigenvalue weighted by atomic mass is 16.5. The molecule has 2 aliphatic carbocycles. The number of nitrogens with one attached hydrogen (secondary N) is 1. The molecule has 270 valence electrons. The number of methoxy groups -OCH3 is 2. The molecule has 1 N–H and O–H groups in total. The van der Waals surface area contributed by atoms with Crippen molar-refractivity contribution in [3.05, 3.63) is 102 Å². The second-order valence-corrected chi connectivity index (χ2v) is 13.0. The zero-order valence-corrected chi connectivity index (χ0v) is 29.2. The molecule has 2 aliphatic rings. The summed E-state index contributed by atoms with van der Waals surface area (Å²) in [6, 6.07) is 26.1. The van der Waals surface area contributed by atoms with Gasteiger partial charge in [-0.15, -0.1) is 10.2 Å². The van der Waals surface area contributed by atoms with Gasteiger partial charge in [0.25, 0.3) is 11.8 Å². The third-order valence-electron chi connectivity index (χ3n) is 9.54. The van der Waals surface area contributed by atoms with Crippen LogP contribution in [0, 0.1) is 11.8 Å². The second-order valence-electron chi connectivity index (χ2n) is 13.0. The first-order valence-corrected chi connectivity index (χ1v) is 17.6. The topological polar surface area (TPSA) is 146 Å². The number of aromatic nitrogens is 2. The molecule has 2 saturated carbocycles. The lowest BCUT2D eigenvalue weighted by atomic mass is 9.87. The van der Waals surface area contributed by atoms with Gasteiger partial charge in [-0.25, -0.2) is 4.90 Å². The summed E-state index contributed by atoms with van der Waals surface area (Å²) in [7, 11) is 2.79. The van der Waals surface area contributed by atoms with Gasteiger partial charge in [-0.3, -0.25) is 19.2 Å². The molecule has 12 nitrogen and oxygen atoms in total. The number of hydrogen-bond acceptors (Lipinski definition) is 11. The van der Waals surface area contributed by atoms with Crippen LogP contribution in [0.15, 0.2) is 91.0 Å². The maximum Gasteiger partial charge on any atom is 0.308 e. The van der Waals surface area contributed by atoms with Gasteiger partial charge in [0.2, 0.25) is 5.82 Å². The third-order valence-corrected chi connectivity index (χ3v) is 9.54. The Bertz CT molecular complexity index is 1840. The maximum atomic E-state index is 14.4. The van der Waals surface area contributed by atoms with E-state index in [4.69, 9.17) is 18.9 Å². The van der Waals surface area contributed by atoms with E-state index >= 15 is 0 Å². The van der Waals surface area contributed by atoms with Crippen LogP contribution in [0.3, 0.4) is 0 Å². The van der Waals surface area contributed by atoms with Crippen LogP contribution >= 0.6 is 0 Å². The van der Waals surface area contributed by atoms with E-state index in [1.54, 1.807) is 60.7 Å². The van der Waals surface area contributed by atoms with Crippen LogP contribution < -0.4 is 19.7 Å². The standard InChI is InChI=1S/C40H42N4O8/c1-49-39(47)28-15-21-32(22-16-28)51-31-19-13-27(14-20-31)38(46)44(37(45)26-9-5-3-6-10-26)36-34(52-33-23-17-29(18-24-33)40(48)50-2)25-35(42-43-36)41-30-11-7-4-8-12-30/h3-14,19-20,25,28-29,32-33H,15-18,21-24H2,1-2H3,(H,41,42). The molecule has 0 unspecified atom stereocenters. The zero-order valence-electron chi connectivity index (χ0n) is 29.2. The Morgan fingerprint density at radius 2 is 1.12 bits per heavy atom. The van der Waals surface area contributed by atoms with Gasteiger partial charge in [-0.05, 0) is 99.9 Å². The average molecular weight is 707 g/mol. The molecule has 0 bridgehead atoms. The quantitative estimate of drug-likeness (QED) is 0.128. The zero-order chi connectivity index (χ0) is 36.5. The van der Waals surface area contributed by atoms with Crippen molar-refractivity contribution in [3.63, 3.8) is 0 Å². The number of ether oxygens (including phenoxy) is 4. The largest absolute Gasteiger partial charge is 0.490 e. The van der Waals surface area contributed by atoms with E-state index in [2.05, 4.69) is 15.5 Å². The monoisotopic (exact) mass is 706 g/mol. The van der Waals surface area contributed by atoms with Gasteiger partial charge in [0.15, 0.2) is 11.6 Å². The van der Waals surface area contributed by atoms with Crippen LogP contribution in [0.5, 0.6) is 11.5 Å². The van der Waals surface area contributed by atoms with Crippen molar-refractivity contribution in [1.82, 2.24) is 10.2 Å². The number of amides is 2. The second kappa shape index (κ2) is 17.0. The summed E-state index contributed by atoms with van der Waals surface area (Å²) >= 11 is 0. The first-order valence-electron chi connectivity index (χ1n) is 17.6. The molecule has 2 fully saturated rings. The Hall–Kier alpha value is -5.78. The van der Waals surface area contributed by atoms with E-state index in [0.29, 0.717) is 62.9 Å². The predicted octanol–water partition coefficient (Wildman–Crippen LogP) is 6.93. The number of nitrogens with zero attached hydrogens (tertiary/aromatic N) is 3. The molecule has 0 aliphatic heterocycles. The number of hydrogen-bond donors (Lipinski definition) is 1. The van der Waals surface area contributed by atoms with Crippen LogP contribution in [-0.4, -0.2) is 60.4 Å². The van der Waals surface area contributed by atoms with Crippen molar-refractivity contribution in [1.29, 1.82) is 0 Å². The van der Waals surface area contributed by atoms with Crippen LogP contribution in [0.1, 0.15) is 72.1 Å². The van der Waals surface area contributed by atoms with Crippen LogP contribution in [0.2, 0.25) is 0 Å². The van der Waals surface area contributed by atoms with Crippen LogP contribution in [0.25, 0.3) is 0 Å². The molecule has 2 amide bonds. The van der Waals surface area contributed by atoms with Crippen molar-refractivity contribution in [2.75, 3.05) is 24.4 Å². The summed E-state index contributed by atoms with van der Waals surface area (Å²) in [5, 5.41) is 12.0. The fraction of sp³-hybridized carbons (Fsp3) is 0.350. The molecule has 0 radical (unpaired) electrons. The lowest BCUT2D eigenvalue weighted by Crippen LogP contribution is -2.38. The number of anilines is 3. The minimum Gasteiger partial charge on any atom is -0.490 e. The maximum absolute atomic E-state index is 14.4. The predicted molar refractivity (Wildman–Crippen MR) is 193 cm³/mol. The van der Waals surface area contributed by atoms with E-state index < -0.39 is 11.8 Å². The molecular formula is C40H42N4O8. The van der Waals surface area contributed by atoms with Gasteiger partial charge in [-0.1, -0.05) is 36.4 Å². The number of benzene rings is 3. The Morgan fingerprint density at radius 1 is 0.615 bits per heavy atom. The van der Waals surface area contributed by atoms with Crippen molar-refractivity contribution >= 4 is 41.1 Å².